The van der Waals surface area contributed by atoms with Gasteiger partial charge in [0.1, 0.15) is 18.4 Å². The molecular formula is C9H15NO5. The van der Waals surface area contributed by atoms with Gasteiger partial charge in [0, 0.05) is 6.42 Å². The molecule has 86 valence electrons. The Hall–Kier alpha value is -1.43. The normalized spacial score (nSPS) is 11.7. The first-order valence-electron chi connectivity index (χ1n) is 4.48. The van der Waals surface area contributed by atoms with Gasteiger partial charge in [-0.1, -0.05) is 0 Å². The highest BCUT2D eigenvalue weighted by Crippen LogP contribution is 2.00. The van der Waals surface area contributed by atoms with E-state index in [0.717, 1.165) is 0 Å². The zero-order valence-corrected chi connectivity index (χ0v) is 8.78. The van der Waals surface area contributed by atoms with Crippen LogP contribution in [0.25, 0.3) is 0 Å². The van der Waals surface area contributed by atoms with Crippen LogP contribution in [0.3, 0.4) is 0 Å². The van der Waals surface area contributed by atoms with Gasteiger partial charge in [0.05, 0.1) is 7.11 Å². The van der Waals surface area contributed by atoms with Crippen LogP contribution in [0.5, 0.6) is 0 Å². The Balaban J connectivity index is 4.24. The molecule has 0 aliphatic carbocycles. The molecule has 2 N–H and O–H groups in total. The number of aliphatic hydroxyl groups is 1. The highest BCUT2D eigenvalue weighted by molar-refractivity contribution is 5.85. The van der Waals surface area contributed by atoms with Gasteiger partial charge in [0.2, 0.25) is 5.91 Å². The molecule has 0 fully saturated rings. The van der Waals surface area contributed by atoms with E-state index in [-0.39, 0.29) is 18.6 Å². The van der Waals surface area contributed by atoms with E-state index in [0.29, 0.717) is 0 Å². The Labute approximate surface area is 87.6 Å². The Morgan fingerprint density at radius 3 is 2.40 bits per heavy atom. The molecule has 15 heavy (non-hydrogen) atoms. The van der Waals surface area contributed by atoms with E-state index in [1.807, 2.05) is 0 Å². The molecule has 0 rings (SSSR count). The van der Waals surface area contributed by atoms with E-state index in [2.05, 4.69) is 10.1 Å². The van der Waals surface area contributed by atoms with Crippen LogP contribution in [0.15, 0.2) is 0 Å². The van der Waals surface area contributed by atoms with Crippen molar-refractivity contribution in [1.82, 2.24) is 5.32 Å². The fourth-order valence-corrected chi connectivity index (χ4v) is 0.979. The summed E-state index contributed by atoms with van der Waals surface area (Å²) in [4.78, 5) is 32.7. The topological polar surface area (TPSA) is 92.7 Å². The number of aliphatic hydroxyl groups excluding tert-OH is 1. The lowest BCUT2D eigenvalue weighted by Crippen LogP contribution is -2.42. The maximum atomic E-state index is 11.1. The molecule has 1 atom stereocenters. The quantitative estimate of drug-likeness (QED) is 0.557. The molecule has 0 aromatic rings. The number of ketones is 1. The monoisotopic (exact) mass is 217 g/mol. The second-order valence-electron chi connectivity index (χ2n) is 3.04. The molecule has 0 bridgehead atoms. The Morgan fingerprint density at radius 1 is 1.40 bits per heavy atom. The van der Waals surface area contributed by atoms with E-state index < -0.39 is 24.5 Å². The zero-order valence-electron chi connectivity index (χ0n) is 8.78. The molecule has 0 aliphatic rings. The molecule has 6 nitrogen and oxygen atoms in total. The first-order valence-corrected chi connectivity index (χ1v) is 4.48. The predicted octanol–water partition coefficient (Wildman–Crippen LogP) is -0.994. The van der Waals surface area contributed by atoms with Crippen molar-refractivity contribution in [1.29, 1.82) is 0 Å². The van der Waals surface area contributed by atoms with E-state index in [4.69, 9.17) is 5.11 Å². The molecule has 0 heterocycles. The van der Waals surface area contributed by atoms with Gasteiger partial charge in [-0.15, -0.1) is 0 Å². The minimum Gasteiger partial charge on any atom is -0.467 e. The lowest BCUT2D eigenvalue weighted by Gasteiger charge is -2.14. The van der Waals surface area contributed by atoms with Crippen molar-refractivity contribution >= 4 is 17.7 Å². The summed E-state index contributed by atoms with van der Waals surface area (Å²) >= 11 is 0. The minimum atomic E-state index is -0.876. The molecule has 0 saturated heterocycles. The first kappa shape index (κ1) is 13.6. The van der Waals surface area contributed by atoms with Crippen LogP contribution in [-0.2, 0) is 19.1 Å². The number of nitrogens with one attached hydrogen (secondary N) is 1. The van der Waals surface area contributed by atoms with Gasteiger partial charge < -0.3 is 20.0 Å². The van der Waals surface area contributed by atoms with Gasteiger partial charge in [-0.25, -0.2) is 4.79 Å². The molecule has 0 aromatic carbocycles. The van der Waals surface area contributed by atoms with Crippen molar-refractivity contribution in [3.63, 3.8) is 0 Å². The van der Waals surface area contributed by atoms with Gasteiger partial charge in [0.15, 0.2) is 0 Å². The van der Waals surface area contributed by atoms with Gasteiger partial charge in [0.25, 0.3) is 0 Å². The van der Waals surface area contributed by atoms with Crippen molar-refractivity contribution in [2.45, 2.75) is 25.8 Å². The molecule has 1 amide bonds. The van der Waals surface area contributed by atoms with Crippen LogP contribution >= 0.6 is 0 Å². The third-order valence-corrected chi connectivity index (χ3v) is 1.75. The van der Waals surface area contributed by atoms with Gasteiger partial charge in [-0.05, 0) is 13.3 Å². The summed E-state index contributed by atoms with van der Waals surface area (Å²) in [7, 11) is 1.19. The minimum absolute atomic E-state index is 0.0813. The number of methoxy groups -OCH3 is 1. The second kappa shape index (κ2) is 6.94. The molecule has 6 heteroatoms. The number of hydrogen-bond acceptors (Lipinski definition) is 5. The van der Waals surface area contributed by atoms with Crippen molar-refractivity contribution in [3.8, 4) is 0 Å². The fourth-order valence-electron chi connectivity index (χ4n) is 0.979. The number of rotatable bonds is 6. The number of esters is 1. The maximum absolute atomic E-state index is 11.1. The highest BCUT2D eigenvalue weighted by atomic mass is 16.5. The fraction of sp³-hybridized carbons (Fsp3) is 0.667. The summed E-state index contributed by atoms with van der Waals surface area (Å²) in [6, 6.07) is -0.876. The van der Waals surface area contributed by atoms with Crippen LogP contribution in [0.4, 0.5) is 0 Å². The summed E-state index contributed by atoms with van der Waals surface area (Å²) in [6.07, 6.45) is 0.346. The number of amides is 1. The maximum Gasteiger partial charge on any atom is 0.328 e. The molecule has 0 spiro atoms. The Kier molecular flexibility index (Phi) is 6.28. The summed E-state index contributed by atoms with van der Waals surface area (Å²) in [5.41, 5.74) is 0. The number of carbonyl (C=O) groups excluding carboxylic acids is 3. The zero-order chi connectivity index (χ0) is 11.8. The summed E-state index contributed by atoms with van der Waals surface area (Å²) in [5, 5.41) is 10.7. The number of ether oxygens (including phenoxy) is 1. The van der Waals surface area contributed by atoms with Crippen LogP contribution < -0.4 is 5.32 Å². The average molecular weight is 217 g/mol. The van der Waals surface area contributed by atoms with E-state index in [9.17, 15) is 14.4 Å². The number of Topliss-reactive ketones (excluding diaryl/α,β-unsaturated/α-hetero) is 1. The molecule has 0 aromatic heterocycles. The van der Waals surface area contributed by atoms with E-state index in [1.54, 1.807) is 0 Å². The standard InChI is InChI=1S/C9H15NO5/c1-6(12)3-4-7(9(14)15-2)10-8(13)5-11/h7,11H,3-5H2,1-2H3,(H,10,13)/t7-/m0/s1. The van der Waals surface area contributed by atoms with Crippen LogP contribution in [0.1, 0.15) is 19.8 Å². The van der Waals surface area contributed by atoms with Crippen LogP contribution in [-0.4, -0.2) is 42.5 Å². The summed E-state index contributed by atoms with van der Waals surface area (Å²) in [6.45, 7) is 0.690. The van der Waals surface area contributed by atoms with Crippen LogP contribution in [0.2, 0.25) is 0 Å². The first-order chi connectivity index (χ1) is 7.01. The largest absolute Gasteiger partial charge is 0.467 e. The predicted molar refractivity (Wildman–Crippen MR) is 50.9 cm³/mol. The SMILES string of the molecule is COC(=O)[C@H](CCC(C)=O)NC(=O)CO. The average Bonchev–Trinajstić information content (AvgIpc) is 2.22. The van der Waals surface area contributed by atoms with Crippen molar-refractivity contribution in [2.24, 2.45) is 0 Å². The lowest BCUT2D eigenvalue weighted by molar-refractivity contribution is -0.145. The van der Waals surface area contributed by atoms with Gasteiger partial charge in [-0.3, -0.25) is 4.79 Å². The lowest BCUT2D eigenvalue weighted by atomic mass is 10.1. The second-order valence-corrected chi connectivity index (χ2v) is 3.04. The van der Waals surface area contributed by atoms with Crippen molar-refractivity contribution < 1.29 is 24.2 Å². The molecule has 0 saturated carbocycles. The van der Waals surface area contributed by atoms with Crippen molar-refractivity contribution in [3.05, 3.63) is 0 Å². The van der Waals surface area contributed by atoms with Crippen LogP contribution in [0, 0.1) is 0 Å². The summed E-state index contributed by atoms with van der Waals surface area (Å²) < 4.78 is 4.44. The molecule has 0 radical (unpaired) electrons. The number of carbonyl (C=O) groups is 3. The third kappa shape index (κ3) is 5.79. The molecule has 0 aliphatic heterocycles. The smallest absolute Gasteiger partial charge is 0.328 e. The van der Waals surface area contributed by atoms with Gasteiger partial charge >= 0.3 is 5.97 Å². The Bertz CT molecular complexity index is 251. The number of hydrogen-bond donors (Lipinski definition) is 2. The van der Waals surface area contributed by atoms with Crippen molar-refractivity contribution in [2.75, 3.05) is 13.7 Å². The summed E-state index contributed by atoms with van der Waals surface area (Å²) in [5.74, 6) is -1.38. The molecule has 0 unspecified atom stereocenters. The molecular weight excluding hydrogens is 202 g/mol. The van der Waals surface area contributed by atoms with E-state index >= 15 is 0 Å². The van der Waals surface area contributed by atoms with Gasteiger partial charge in [-0.2, -0.15) is 0 Å². The Morgan fingerprint density at radius 2 is 2.00 bits per heavy atom. The van der Waals surface area contributed by atoms with E-state index in [1.165, 1.54) is 14.0 Å². The highest BCUT2D eigenvalue weighted by Gasteiger charge is 2.21. The third-order valence-electron chi connectivity index (χ3n) is 1.75.